The number of nitrogens with one attached hydrogen (secondary N) is 3. The topological polar surface area (TPSA) is 96.0 Å². The fourth-order valence-corrected chi connectivity index (χ4v) is 2.16. The van der Waals surface area contributed by atoms with Crippen LogP contribution >= 0.6 is 0 Å². The first-order chi connectivity index (χ1) is 9.33. The first-order valence-corrected chi connectivity index (χ1v) is 7.09. The van der Waals surface area contributed by atoms with E-state index in [1.807, 2.05) is 0 Å². The third kappa shape index (κ3) is 3.37. The van der Waals surface area contributed by atoms with Gasteiger partial charge in [0.25, 0.3) is 0 Å². The molecule has 0 aliphatic rings. The highest BCUT2D eigenvalue weighted by atomic mass is 32.2. The minimum Gasteiger partial charge on any atom is -0.340 e. The van der Waals surface area contributed by atoms with Gasteiger partial charge in [0.05, 0.1) is 23.7 Å². The number of hydrazine groups is 1. The average Bonchev–Trinajstić information content (AvgIpc) is 2.42. The summed E-state index contributed by atoms with van der Waals surface area (Å²) in [7, 11) is -2.24. The van der Waals surface area contributed by atoms with E-state index in [-0.39, 0.29) is 22.0 Å². The third-order valence-electron chi connectivity index (χ3n) is 2.25. The van der Waals surface area contributed by atoms with Crippen LogP contribution in [0.15, 0.2) is 17.0 Å². The van der Waals surface area contributed by atoms with E-state index in [1.54, 1.807) is 0 Å². The smallest absolute Gasteiger partial charge is 0.333 e. The van der Waals surface area contributed by atoms with Crippen molar-refractivity contribution in [3.63, 3.8) is 0 Å². The van der Waals surface area contributed by atoms with Gasteiger partial charge in [0, 0.05) is 13.3 Å². The SMILES string of the molecule is [C-]#[N+]c1cc(NNC(=O)NC)c(S(C)(=O)=O)cc1[N+]#[C-]. The Kier molecular flexibility index (Phi) is 4.51. The molecular weight excluding hydrogens is 282 g/mol. The Bertz CT molecular complexity index is 728. The van der Waals surface area contributed by atoms with Crippen molar-refractivity contribution in [1.29, 1.82) is 0 Å². The van der Waals surface area contributed by atoms with Crippen molar-refractivity contribution in [3.05, 3.63) is 35.0 Å². The molecule has 0 radical (unpaired) electrons. The van der Waals surface area contributed by atoms with Gasteiger partial charge in [-0.15, -0.1) is 0 Å². The number of urea groups is 1. The van der Waals surface area contributed by atoms with Gasteiger partial charge in [-0.25, -0.2) is 13.2 Å². The first kappa shape index (κ1) is 15.3. The van der Waals surface area contributed by atoms with Crippen LogP contribution in [-0.4, -0.2) is 27.8 Å². The Balaban J connectivity index is 3.38. The number of benzene rings is 1. The average molecular weight is 293 g/mol. The number of sulfone groups is 1. The van der Waals surface area contributed by atoms with Crippen molar-refractivity contribution < 1.29 is 13.2 Å². The summed E-state index contributed by atoms with van der Waals surface area (Å²) in [4.78, 5) is 17.2. The lowest BCUT2D eigenvalue weighted by atomic mass is 10.2. The monoisotopic (exact) mass is 293 g/mol. The summed E-state index contributed by atoms with van der Waals surface area (Å²) in [6.45, 7) is 13.9. The molecule has 1 aromatic carbocycles. The summed E-state index contributed by atoms with van der Waals surface area (Å²) in [5.41, 5.74) is 4.57. The number of nitrogens with zero attached hydrogens (tertiary/aromatic N) is 2. The fraction of sp³-hybridized carbons (Fsp3) is 0.182. The van der Waals surface area contributed by atoms with Crippen LogP contribution in [0.2, 0.25) is 0 Å². The highest BCUT2D eigenvalue weighted by molar-refractivity contribution is 7.90. The number of anilines is 1. The van der Waals surface area contributed by atoms with Crippen molar-refractivity contribution in [1.82, 2.24) is 10.7 Å². The van der Waals surface area contributed by atoms with E-state index < -0.39 is 15.9 Å². The molecule has 1 aromatic rings. The summed E-state index contributed by atoms with van der Waals surface area (Å²) < 4.78 is 23.4. The molecule has 0 bridgehead atoms. The normalized spacial score (nSPS) is 10.0. The van der Waals surface area contributed by atoms with Crippen LogP contribution in [0.5, 0.6) is 0 Å². The minimum atomic E-state index is -3.63. The molecule has 20 heavy (non-hydrogen) atoms. The predicted molar refractivity (Wildman–Crippen MR) is 73.3 cm³/mol. The maximum atomic E-state index is 11.7. The van der Waals surface area contributed by atoms with Crippen molar-refractivity contribution in [3.8, 4) is 0 Å². The van der Waals surface area contributed by atoms with Gasteiger partial charge in [-0.1, -0.05) is 0 Å². The van der Waals surface area contributed by atoms with Gasteiger partial charge < -0.3 is 5.32 Å². The van der Waals surface area contributed by atoms with E-state index in [0.717, 1.165) is 12.3 Å². The molecule has 0 atom stereocenters. The van der Waals surface area contributed by atoms with Crippen LogP contribution in [0.4, 0.5) is 21.9 Å². The van der Waals surface area contributed by atoms with Crippen molar-refractivity contribution >= 4 is 32.9 Å². The molecule has 1 rings (SSSR count). The van der Waals surface area contributed by atoms with Crippen LogP contribution in [0.25, 0.3) is 9.69 Å². The Morgan fingerprint density at radius 1 is 1.20 bits per heavy atom. The largest absolute Gasteiger partial charge is 0.340 e. The van der Waals surface area contributed by atoms with E-state index in [2.05, 4.69) is 25.9 Å². The lowest BCUT2D eigenvalue weighted by molar-refractivity contribution is 0.244. The maximum absolute atomic E-state index is 11.7. The fourth-order valence-electron chi connectivity index (χ4n) is 1.33. The van der Waals surface area contributed by atoms with E-state index in [0.29, 0.717) is 0 Å². The predicted octanol–water partition coefficient (Wildman–Crippen LogP) is 1.45. The number of carbonyl (C=O) groups excluding carboxylic acids is 1. The zero-order valence-electron chi connectivity index (χ0n) is 10.7. The van der Waals surface area contributed by atoms with Gasteiger partial charge in [-0.05, 0) is 12.1 Å². The van der Waals surface area contributed by atoms with Gasteiger partial charge in [0.15, 0.2) is 21.2 Å². The van der Waals surface area contributed by atoms with Crippen LogP contribution in [0.3, 0.4) is 0 Å². The first-order valence-electron chi connectivity index (χ1n) is 5.20. The van der Waals surface area contributed by atoms with E-state index in [4.69, 9.17) is 13.1 Å². The van der Waals surface area contributed by atoms with E-state index in [9.17, 15) is 13.2 Å². The summed E-state index contributed by atoms with van der Waals surface area (Å²) in [6.07, 6.45) is 0.971. The molecule has 0 aliphatic carbocycles. The lowest BCUT2D eigenvalue weighted by Gasteiger charge is -2.13. The molecular formula is C11H11N5O3S. The third-order valence-corrected chi connectivity index (χ3v) is 3.39. The van der Waals surface area contributed by atoms with E-state index in [1.165, 1.54) is 13.1 Å². The Morgan fingerprint density at radius 2 is 1.75 bits per heavy atom. The number of hydrogen-bond acceptors (Lipinski definition) is 4. The lowest BCUT2D eigenvalue weighted by Crippen LogP contribution is -2.37. The number of carbonyl (C=O) groups is 1. The zero-order valence-corrected chi connectivity index (χ0v) is 11.5. The Hall–Kier alpha value is -2.78. The standard InChI is InChI=1S/C11H11N5O3S/c1-12-7-5-9(15-16-11(17)14-3)10(20(4,18)19)6-8(7)13-2/h5-6,15H,3-4H3,(H2,14,16,17). The molecule has 0 unspecified atom stereocenters. The van der Waals surface area contributed by atoms with Crippen LogP contribution in [0.1, 0.15) is 0 Å². The molecule has 104 valence electrons. The zero-order chi connectivity index (χ0) is 15.3. The van der Waals surface area contributed by atoms with Crippen LogP contribution in [-0.2, 0) is 9.84 Å². The molecule has 0 fully saturated rings. The van der Waals surface area contributed by atoms with Gasteiger partial charge in [-0.3, -0.25) is 20.5 Å². The van der Waals surface area contributed by atoms with E-state index >= 15 is 0 Å². The van der Waals surface area contributed by atoms with Gasteiger partial charge in [0.1, 0.15) is 0 Å². The number of hydrogen-bond donors (Lipinski definition) is 3. The molecule has 3 N–H and O–H groups in total. The second-order valence-electron chi connectivity index (χ2n) is 3.66. The quantitative estimate of drug-likeness (QED) is 0.580. The highest BCUT2D eigenvalue weighted by Gasteiger charge is 2.17. The molecule has 0 heterocycles. The van der Waals surface area contributed by atoms with Crippen molar-refractivity contribution in [2.24, 2.45) is 0 Å². The summed E-state index contributed by atoms with van der Waals surface area (Å²) in [6, 6.07) is 1.72. The summed E-state index contributed by atoms with van der Waals surface area (Å²) >= 11 is 0. The van der Waals surface area contributed by atoms with Gasteiger partial charge in [0.2, 0.25) is 0 Å². The summed E-state index contributed by atoms with van der Waals surface area (Å²) in [5, 5.41) is 2.27. The molecule has 0 aromatic heterocycles. The van der Waals surface area contributed by atoms with Crippen molar-refractivity contribution in [2.45, 2.75) is 4.90 Å². The Labute approximate surface area is 116 Å². The van der Waals surface area contributed by atoms with Gasteiger partial charge >= 0.3 is 6.03 Å². The second kappa shape index (κ2) is 5.91. The highest BCUT2D eigenvalue weighted by Crippen LogP contribution is 2.36. The molecule has 8 nitrogen and oxygen atoms in total. The molecule has 9 heteroatoms. The maximum Gasteiger partial charge on any atom is 0.333 e. The summed E-state index contributed by atoms with van der Waals surface area (Å²) in [5.74, 6) is 0. The molecule has 0 saturated heterocycles. The molecule has 0 saturated carbocycles. The van der Waals surface area contributed by atoms with Gasteiger partial charge in [-0.2, -0.15) is 0 Å². The second-order valence-corrected chi connectivity index (χ2v) is 5.65. The number of rotatable bonds is 3. The molecule has 2 amide bonds. The van der Waals surface area contributed by atoms with Crippen molar-refractivity contribution in [2.75, 3.05) is 18.7 Å². The number of amides is 2. The van der Waals surface area contributed by atoms with Crippen LogP contribution in [0, 0.1) is 13.1 Å². The Morgan fingerprint density at radius 3 is 2.20 bits per heavy atom. The molecule has 0 aliphatic heterocycles. The minimum absolute atomic E-state index is 0.00592. The molecule has 0 spiro atoms. The van der Waals surface area contributed by atoms with Crippen LogP contribution < -0.4 is 16.2 Å².